The first-order valence-electron chi connectivity index (χ1n) is 7.31. The van der Waals surface area contributed by atoms with Crippen LogP contribution in [0.15, 0.2) is 24.3 Å². The highest BCUT2D eigenvalue weighted by Gasteiger charge is 2.23. The minimum atomic E-state index is 0.0901. The van der Waals surface area contributed by atoms with Gasteiger partial charge in [-0.3, -0.25) is 4.79 Å². The van der Waals surface area contributed by atoms with E-state index in [0.717, 1.165) is 37.4 Å². The van der Waals surface area contributed by atoms with E-state index in [4.69, 9.17) is 4.74 Å². The van der Waals surface area contributed by atoms with Gasteiger partial charge in [0, 0.05) is 13.1 Å². The summed E-state index contributed by atoms with van der Waals surface area (Å²) in [5, 5.41) is 3.19. The van der Waals surface area contributed by atoms with Crippen LogP contribution in [-0.4, -0.2) is 44.1 Å². The lowest BCUT2D eigenvalue weighted by Crippen LogP contribution is -2.44. The number of amides is 1. The van der Waals surface area contributed by atoms with Gasteiger partial charge in [0.05, 0.1) is 0 Å². The smallest absolute Gasteiger partial charge is 0.260 e. The molecule has 0 saturated carbocycles. The molecule has 4 heteroatoms. The quantitative estimate of drug-likeness (QED) is 0.892. The third-order valence-corrected chi connectivity index (χ3v) is 3.72. The molecule has 1 fully saturated rings. The Morgan fingerprint density at radius 1 is 1.50 bits per heavy atom. The van der Waals surface area contributed by atoms with E-state index in [2.05, 4.69) is 5.32 Å². The van der Waals surface area contributed by atoms with Crippen molar-refractivity contribution < 1.29 is 9.53 Å². The Balaban J connectivity index is 1.82. The number of ether oxygens (including phenoxy) is 1. The first-order valence-corrected chi connectivity index (χ1v) is 7.31. The molecule has 1 aromatic carbocycles. The summed E-state index contributed by atoms with van der Waals surface area (Å²) < 4.78 is 5.59. The Kier molecular flexibility index (Phi) is 5.41. The third-order valence-electron chi connectivity index (χ3n) is 3.72. The number of piperidine rings is 1. The maximum absolute atomic E-state index is 12.2. The number of benzene rings is 1. The number of carbonyl (C=O) groups is 1. The lowest BCUT2D eigenvalue weighted by atomic mass is 9.98. The third kappa shape index (κ3) is 4.23. The number of nitrogens with one attached hydrogen (secondary N) is 1. The van der Waals surface area contributed by atoms with E-state index in [1.165, 1.54) is 6.42 Å². The second-order valence-electron chi connectivity index (χ2n) is 5.51. The van der Waals surface area contributed by atoms with Crippen LogP contribution in [0, 0.1) is 12.8 Å². The molecule has 0 bridgehead atoms. The fraction of sp³-hybridized carbons (Fsp3) is 0.562. The van der Waals surface area contributed by atoms with Crippen LogP contribution >= 0.6 is 0 Å². The molecule has 1 aromatic rings. The molecule has 0 aliphatic carbocycles. The maximum Gasteiger partial charge on any atom is 0.260 e. The average molecular weight is 276 g/mol. The number of carbonyl (C=O) groups excluding carboxylic acids is 1. The molecule has 1 saturated heterocycles. The van der Waals surface area contributed by atoms with Gasteiger partial charge in [0.2, 0.25) is 0 Å². The predicted octanol–water partition coefficient (Wildman–Crippen LogP) is 1.83. The first kappa shape index (κ1) is 14.9. The van der Waals surface area contributed by atoms with Crippen molar-refractivity contribution in [2.24, 2.45) is 5.92 Å². The zero-order valence-electron chi connectivity index (χ0n) is 12.4. The second-order valence-corrected chi connectivity index (χ2v) is 5.51. The molecule has 1 amide bonds. The van der Waals surface area contributed by atoms with E-state index in [1.54, 1.807) is 0 Å². The highest BCUT2D eigenvalue weighted by molar-refractivity contribution is 5.77. The number of aryl methyl sites for hydroxylation is 1. The monoisotopic (exact) mass is 276 g/mol. The van der Waals surface area contributed by atoms with Crippen molar-refractivity contribution in [3.05, 3.63) is 29.8 Å². The molecule has 110 valence electrons. The van der Waals surface area contributed by atoms with Gasteiger partial charge in [0.1, 0.15) is 5.75 Å². The summed E-state index contributed by atoms with van der Waals surface area (Å²) in [6.45, 7) is 4.83. The molecule has 1 N–H and O–H groups in total. The van der Waals surface area contributed by atoms with Gasteiger partial charge in [-0.05, 0) is 57.0 Å². The molecule has 1 aliphatic rings. The van der Waals surface area contributed by atoms with Gasteiger partial charge < -0.3 is 15.0 Å². The van der Waals surface area contributed by atoms with Gasteiger partial charge >= 0.3 is 0 Å². The van der Waals surface area contributed by atoms with Crippen molar-refractivity contribution in [1.82, 2.24) is 10.2 Å². The van der Waals surface area contributed by atoms with Gasteiger partial charge in [0.15, 0.2) is 6.61 Å². The minimum Gasteiger partial charge on any atom is -0.484 e. The van der Waals surface area contributed by atoms with Crippen LogP contribution < -0.4 is 10.1 Å². The molecular formula is C16H24N2O2. The number of rotatable bonds is 5. The van der Waals surface area contributed by atoms with Crippen molar-refractivity contribution in [2.45, 2.75) is 19.8 Å². The molecule has 1 unspecified atom stereocenters. The van der Waals surface area contributed by atoms with Crippen LogP contribution in [0.4, 0.5) is 0 Å². The summed E-state index contributed by atoms with van der Waals surface area (Å²) in [5.41, 5.74) is 1.14. The fourth-order valence-electron chi connectivity index (χ4n) is 2.69. The van der Waals surface area contributed by atoms with Crippen LogP contribution in [0.25, 0.3) is 0 Å². The Hall–Kier alpha value is -1.55. The second kappa shape index (κ2) is 7.29. The topological polar surface area (TPSA) is 41.6 Å². The lowest BCUT2D eigenvalue weighted by Gasteiger charge is -2.32. The van der Waals surface area contributed by atoms with Crippen molar-refractivity contribution in [3.8, 4) is 5.75 Å². The average Bonchev–Trinajstić information content (AvgIpc) is 2.45. The number of hydrogen-bond acceptors (Lipinski definition) is 3. The lowest BCUT2D eigenvalue weighted by molar-refractivity contribution is -0.135. The normalized spacial score (nSPS) is 18.9. The van der Waals surface area contributed by atoms with Crippen LogP contribution in [-0.2, 0) is 4.79 Å². The summed E-state index contributed by atoms with van der Waals surface area (Å²) in [6, 6.07) is 7.80. The summed E-state index contributed by atoms with van der Waals surface area (Å²) in [4.78, 5) is 14.1. The van der Waals surface area contributed by atoms with E-state index in [-0.39, 0.29) is 12.5 Å². The SMILES string of the molecule is CNCC1CCCN(C(=O)COc2cccc(C)c2)C1. The highest BCUT2D eigenvalue weighted by Crippen LogP contribution is 2.17. The van der Waals surface area contributed by atoms with Crippen LogP contribution in [0.5, 0.6) is 5.75 Å². The van der Waals surface area contributed by atoms with Crippen molar-refractivity contribution in [1.29, 1.82) is 0 Å². The Morgan fingerprint density at radius 2 is 2.35 bits per heavy atom. The summed E-state index contributed by atoms with van der Waals surface area (Å²) >= 11 is 0. The number of hydrogen-bond donors (Lipinski definition) is 1. The van der Waals surface area contributed by atoms with Crippen molar-refractivity contribution in [2.75, 3.05) is 33.3 Å². The summed E-state index contributed by atoms with van der Waals surface area (Å²) in [7, 11) is 1.96. The molecule has 2 rings (SSSR count). The van der Waals surface area contributed by atoms with Gasteiger partial charge in [-0.2, -0.15) is 0 Å². The Bertz CT molecular complexity index is 446. The van der Waals surface area contributed by atoms with Crippen LogP contribution in [0.1, 0.15) is 18.4 Å². The molecule has 1 aliphatic heterocycles. The van der Waals surface area contributed by atoms with E-state index in [0.29, 0.717) is 5.92 Å². The van der Waals surface area contributed by atoms with Crippen molar-refractivity contribution in [3.63, 3.8) is 0 Å². The molecule has 0 radical (unpaired) electrons. The zero-order chi connectivity index (χ0) is 14.4. The molecule has 20 heavy (non-hydrogen) atoms. The molecule has 0 aromatic heterocycles. The standard InChI is InChI=1S/C16H24N2O2/c1-13-5-3-7-15(9-13)20-12-16(19)18-8-4-6-14(11-18)10-17-2/h3,5,7,9,14,17H,4,6,8,10-12H2,1-2H3. The van der Waals surface area contributed by atoms with Gasteiger partial charge in [-0.25, -0.2) is 0 Å². The first-order chi connectivity index (χ1) is 9.69. The Morgan fingerprint density at radius 3 is 3.10 bits per heavy atom. The summed E-state index contributed by atoms with van der Waals surface area (Å²) in [6.07, 6.45) is 2.28. The van der Waals surface area contributed by atoms with E-state index >= 15 is 0 Å². The zero-order valence-corrected chi connectivity index (χ0v) is 12.4. The Labute approximate surface area is 121 Å². The summed E-state index contributed by atoms with van der Waals surface area (Å²) in [5.74, 6) is 1.42. The van der Waals surface area contributed by atoms with E-state index in [9.17, 15) is 4.79 Å². The number of likely N-dealkylation sites (tertiary alicyclic amines) is 1. The maximum atomic E-state index is 12.2. The molecule has 0 spiro atoms. The molecule has 1 atom stereocenters. The predicted molar refractivity (Wildman–Crippen MR) is 79.9 cm³/mol. The fourth-order valence-corrected chi connectivity index (χ4v) is 2.69. The van der Waals surface area contributed by atoms with Gasteiger partial charge in [0.25, 0.3) is 5.91 Å². The van der Waals surface area contributed by atoms with Crippen LogP contribution in [0.2, 0.25) is 0 Å². The van der Waals surface area contributed by atoms with Crippen molar-refractivity contribution >= 4 is 5.91 Å². The van der Waals surface area contributed by atoms with Gasteiger partial charge in [-0.1, -0.05) is 12.1 Å². The van der Waals surface area contributed by atoms with E-state index in [1.807, 2.05) is 43.1 Å². The molecule has 1 heterocycles. The van der Waals surface area contributed by atoms with Crippen LogP contribution in [0.3, 0.4) is 0 Å². The van der Waals surface area contributed by atoms with E-state index < -0.39 is 0 Å². The number of nitrogens with zero attached hydrogens (tertiary/aromatic N) is 1. The minimum absolute atomic E-state index is 0.0901. The largest absolute Gasteiger partial charge is 0.484 e. The van der Waals surface area contributed by atoms with Gasteiger partial charge in [-0.15, -0.1) is 0 Å². The molecule has 4 nitrogen and oxygen atoms in total. The highest BCUT2D eigenvalue weighted by atomic mass is 16.5. The molecular weight excluding hydrogens is 252 g/mol.